The first-order chi connectivity index (χ1) is 11.6. The molecule has 0 unspecified atom stereocenters. The summed E-state index contributed by atoms with van der Waals surface area (Å²) in [5.41, 5.74) is 0.596. The van der Waals surface area contributed by atoms with Crippen LogP contribution < -0.4 is 0 Å². The molecule has 0 amide bonds. The van der Waals surface area contributed by atoms with Crippen molar-refractivity contribution in [2.24, 2.45) is 0 Å². The topological polar surface area (TPSA) is 78.9 Å². The molecule has 0 atom stereocenters. The van der Waals surface area contributed by atoms with Crippen LogP contribution >= 0.6 is 0 Å². The minimum absolute atomic E-state index is 0.0510. The molecule has 0 bridgehead atoms. The van der Waals surface area contributed by atoms with E-state index in [-0.39, 0.29) is 6.04 Å². The van der Waals surface area contributed by atoms with E-state index in [4.69, 9.17) is 13.3 Å². The van der Waals surface area contributed by atoms with E-state index in [9.17, 15) is 23.2 Å². The molecule has 0 aliphatic carbocycles. The van der Waals surface area contributed by atoms with Gasteiger partial charge in [-0.2, -0.15) is 0 Å². The zero-order valence-corrected chi connectivity index (χ0v) is 15.3. The largest absolute Gasteiger partial charge is 0.705 e. The molecule has 9 heteroatoms. The Bertz CT molecular complexity index is 609. The Morgan fingerprint density at radius 3 is 1.84 bits per heavy atom. The normalized spacial score (nSPS) is 10.9. The first-order valence-electron chi connectivity index (χ1n) is 7.66. The third kappa shape index (κ3) is 7.42. The Morgan fingerprint density at radius 2 is 1.40 bits per heavy atom. The third-order valence-electron chi connectivity index (χ3n) is 3.08. The van der Waals surface area contributed by atoms with Crippen LogP contribution in [0.15, 0.2) is 18.2 Å². The third-order valence-corrected chi connectivity index (χ3v) is 5.84. The molecule has 0 saturated heterocycles. The number of hydrogen-bond acceptors (Lipinski definition) is 6. The summed E-state index contributed by atoms with van der Waals surface area (Å²) in [5.74, 6) is -4.03. The van der Waals surface area contributed by atoms with Gasteiger partial charge in [0, 0.05) is 20.8 Å². The van der Waals surface area contributed by atoms with E-state index in [1.165, 1.54) is 6.07 Å². The van der Waals surface area contributed by atoms with E-state index in [2.05, 4.69) is 0 Å². The first kappa shape index (κ1) is 20.8. The van der Waals surface area contributed by atoms with Crippen LogP contribution in [-0.4, -0.2) is 26.7 Å². The molecule has 0 saturated carbocycles. The molecule has 0 aliphatic rings. The van der Waals surface area contributed by atoms with Crippen molar-refractivity contribution in [3.63, 3.8) is 0 Å². The molecule has 0 aliphatic heterocycles. The number of rotatable bonds is 8. The average molecular weight is 374 g/mol. The fraction of sp³-hybridized carbons (Fsp3) is 0.438. The van der Waals surface area contributed by atoms with Crippen LogP contribution in [0.1, 0.15) is 39.2 Å². The lowest BCUT2D eigenvalue weighted by atomic mass is 10.1. The standard InChI is InChI=1S/C16H20F2O6Si/c1-11(19)22-25(23-12(2)20,24-13(3)21)9-5-4-6-14-7-8-15(17)16(18)10-14/h7-8,10H,4-6,9H2,1-3H3. The van der Waals surface area contributed by atoms with Crippen molar-refractivity contribution < 1.29 is 36.4 Å². The molecule has 1 aromatic rings. The van der Waals surface area contributed by atoms with Crippen molar-refractivity contribution in [3.05, 3.63) is 35.4 Å². The first-order valence-corrected chi connectivity index (χ1v) is 9.59. The summed E-state index contributed by atoms with van der Waals surface area (Å²) in [5, 5.41) is 0. The molecule has 6 nitrogen and oxygen atoms in total. The highest BCUT2D eigenvalue weighted by molar-refractivity contribution is 6.65. The minimum Gasteiger partial charge on any atom is -0.455 e. The van der Waals surface area contributed by atoms with Gasteiger partial charge < -0.3 is 13.3 Å². The Labute approximate surface area is 145 Å². The number of unbranched alkanes of at least 4 members (excludes halogenated alkanes) is 1. The molecule has 0 heterocycles. The second-order valence-electron chi connectivity index (χ2n) is 5.42. The van der Waals surface area contributed by atoms with Gasteiger partial charge in [0.2, 0.25) is 0 Å². The molecule has 0 N–H and O–H groups in total. The van der Waals surface area contributed by atoms with Crippen LogP contribution in [-0.2, 0) is 34.1 Å². The molecule has 1 rings (SSSR count). The molecule has 0 aromatic heterocycles. The summed E-state index contributed by atoms with van der Waals surface area (Å²) in [7, 11) is -3.83. The summed E-state index contributed by atoms with van der Waals surface area (Å²) in [4.78, 5) is 33.9. The Hall–Kier alpha value is -2.29. The number of benzene rings is 1. The number of carbonyl (C=O) groups is 3. The molecule has 0 spiro atoms. The molecular formula is C16H20F2O6Si. The zero-order chi connectivity index (χ0) is 19.0. The molecular weight excluding hydrogens is 354 g/mol. The lowest BCUT2D eigenvalue weighted by molar-refractivity contribution is -0.147. The van der Waals surface area contributed by atoms with Crippen molar-refractivity contribution in [2.45, 2.75) is 46.1 Å². The van der Waals surface area contributed by atoms with Crippen molar-refractivity contribution in [2.75, 3.05) is 0 Å². The zero-order valence-electron chi connectivity index (χ0n) is 14.3. The summed E-state index contributed by atoms with van der Waals surface area (Å²) in [6, 6.07) is 3.66. The lowest BCUT2D eigenvalue weighted by Gasteiger charge is -2.26. The number of carbonyl (C=O) groups excluding carboxylic acids is 3. The number of aryl methyl sites for hydroxylation is 1. The summed E-state index contributed by atoms with van der Waals surface area (Å²) < 4.78 is 41.2. The summed E-state index contributed by atoms with van der Waals surface area (Å²) >= 11 is 0. The van der Waals surface area contributed by atoms with Gasteiger partial charge in [-0.1, -0.05) is 6.07 Å². The SMILES string of the molecule is CC(=O)O[Si](CCCCc1ccc(F)c(F)c1)(OC(C)=O)OC(C)=O. The van der Waals surface area contributed by atoms with E-state index in [0.29, 0.717) is 24.8 Å². The number of hydrogen-bond donors (Lipinski definition) is 0. The Kier molecular flexibility index (Phi) is 7.68. The van der Waals surface area contributed by atoms with Crippen molar-refractivity contribution >= 4 is 26.7 Å². The van der Waals surface area contributed by atoms with Crippen molar-refractivity contribution in [3.8, 4) is 0 Å². The maximum Gasteiger partial charge on any atom is 0.705 e. The number of halogens is 2. The van der Waals surface area contributed by atoms with Crippen LogP contribution in [0.5, 0.6) is 0 Å². The van der Waals surface area contributed by atoms with Gasteiger partial charge in [0.15, 0.2) is 11.6 Å². The molecule has 0 fully saturated rings. The van der Waals surface area contributed by atoms with Crippen LogP contribution in [0.25, 0.3) is 0 Å². The van der Waals surface area contributed by atoms with Gasteiger partial charge in [-0.3, -0.25) is 14.4 Å². The summed E-state index contributed by atoms with van der Waals surface area (Å²) in [6.07, 6.45) is 1.32. The van der Waals surface area contributed by atoms with Gasteiger partial charge in [0.25, 0.3) is 17.9 Å². The Balaban J connectivity index is 2.72. The highest BCUT2D eigenvalue weighted by atomic mass is 28.4. The maximum absolute atomic E-state index is 13.2. The van der Waals surface area contributed by atoms with E-state index in [1.807, 2.05) is 0 Å². The second-order valence-corrected chi connectivity index (χ2v) is 7.90. The predicted molar refractivity (Wildman–Crippen MR) is 85.2 cm³/mol. The predicted octanol–water partition coefficient (Wildman–Crippen LogP) is 2.92. The Morgan fingerprint density at radius 1 is 0.880 bits per heavy atom. The molecule has 0 radical (unpaired) electrons. The highest BCUT2D eigenvalue weighted by Gasteiger charge is 2.51. The highest BCUT2D eigenvalue weighted by Crippen LogP contribution is 2.21. The van der Waals surface area contributed by atoms with E-state index in [0.717, 1.165) is 32.9 Å². The van der Waals surface area contributed by atoms with Crippen molar-refractivity contribution in [1.82, 2.24) is 0 Å². The van der Waals surface area contributed by atoms with Crippen LogP contribution in [0, 0.1) is 11.6 Å². The molecule has 1 aromatic carbocycles. The van der Waals surface area contributed by atoms with E-state index in [1.54, 1.807) is 0 Å². The van der Waals surface area contributed by atoms with Crippen molar-refractivity contribution in [1.29, 1.82) is 0 Å². The average Bonchev–Trinajstić information content (AvgIpc) is 2.45. The fourth-order valence-electron chi connectivity index (χ4n) is 2.24. The van der Waals surface area contributed by atoms with Gasteiger partial charge in [-0.05, 0) is 37.0 Å². The van der Waals surface area contributed by atoms with Crippen LogP contribution in [0.4, 0.5) is 8.78 Å². The monoisotopic (exact) mass is 374 g/mol. The van der Waals surface area contributed by atoms with Gasteiger partial charge in [0.1, 0.15) is 0 Å². The van der Waals surface area contributed by atoms with Gasteiger partial charge in [0.05, 0.1) is 6.04 Å². The smallest absolute Gasteiger partial charge is 0.455 e. The fourth-order valence-corrected chi connectivity index (χ4v) is 4.67. The van der Waals surface area contributed by atoms with Gasteiger partial charge in [-0.25, -0.2) is 8.78 Å². The molecule has 138 valence electrons. The second kappa shape index (κ2) is 9.26. The van der Waals surface area contributed by atoms with Crippen LogP contribution in [0.3, 0.4) is 0 Å². The molecule has 25 heavy (non-hydrogen) atoms. The maximum atomic E-state index is 13.2. The van der Waals surface area contributed by atoms with E-state index >= 15 is 0 Å². The van der Waals surface area contributed by atoms with Gasteiger partial charge >= 0.3 is 8.80 Å². The van der Waals surface area contributed by atoms with Crippen LogP contribution in [0.2, 0.25) is 6.04 Å². The quantitative estimate of drug-likeness (QED) is 0.514. The van der Waals surface area contributed by atoms with E-state index < -0.39 is 38.3 Å². The minimum atomic E-state index is -3.83. The lowest BCUT2D eigenvalue weighted by Crippen LogP contribution is -2.49. The van der Waals surface area contributed by atoms with Gasteiger partial charge in [-0.15, -0.1) is 0 Å². The summed E-state index contributed by atoms with van der Waals surface area (Å²) in [6.45, 7) is 3.36.